The molecular formula is C13H11BrFNO4. The highest BCUT2D eigenvalue weighted by Gasteiger charge is 2.27. The van der Waals surface area contributed by atoms with Gasteiger partial charge >= 0.3 is 5.97 Å². The molecule has 0 aliphatic carbocycles. The van der Waals surface area contributed by atoms with E-state index in [0.717, 1.165) is 11.0 Å². The van der Waals surface area contributed by atoms with Crippen molar-refractivity contribution >= 4 is 33.7 Å². The van der Waals surface area contributed by atoms with Crippen LogP contribution in [0.3, 0.4) is 0 Å². The summed E-state index contributed by atoms with van der Waals surface area (Å²) in [5.74, 6) is -2.54. The van der Waals surface area contributed by atoms with Crippen molar-refractivity contribution in [2.75, 3.05) is 13.2 Å². The van der Waals surface area contributed by atoms with Gasteiger partial charge in [-0.25, -0.2) is 9.18 Å². The highest BCUT2D eigenvalue weighted by Crippen LogP contribution is 2.16. The second-order valence-corrected chi connectivity index (χ2v) is 5.16. The zero-order chi connectivity index (χ0) is 14.7. The third-order valence-electron chi connectivity index (χ3n) is 2.85. The Hall–Kier alpha value is -1.76. The Balaban J connectivity index is 1.97. The van der Waals surface area contributed by atoms with Gasteiger partial charge in [-0.1, -0.05) is 15.9 Å². The topological polar surface area (TPSA) is 63.7 Å². The molecule has 0 radical (unpaired) electrons. The first-order chi connectivity index (χ1) is 9.49. The van der Waals surface area contributed by atoms with Crippen molar-refractivity contribution in [2.24, 2.45) is 0 Å². The molecule has 2 rings (SSSR count). The first-order valence-electron chi connectivity index (χ1n) is 5.94. The fourth-order valence-corrected chi connectivity index (χ4v) is 2.21. The van der Waals surface area contributed by atoms with Gasteiger partial charge in [0.25, 0.3) is 5.91 Å². The molecule has 20 heavy (non-hydrogen) atoms. The first-order valence-corrected chi connectivity index (χ1v) is 6.73. The molecule has 0 unspecified atom stereocenters. The Bertz CT molecular complexity index is 575. The highest BCUT2D eigenvalue weighted by atomic mass is 79.9. The third kappa shape index (κ3) is 3.22. The van der Waals surface area contributed by atoms with Gasteiger partial charge in [0, 0.05) is 17.4 Å². The molecule has 1 aliphatic rings. The molecule has 7 heteroatoms. The van der Waals surface area contributed by atoms with Crippen LogP contribution in [-0.2, 0) is 14.3 Å². The zero-order valence-electron chi connectivity index (χ0n) is 10.4. The predicted molar refractivity (Wildman–Crippen MR) is 70.3 cm³/mol. The van der Waals surface area contributed by atoms with Crippen molar-refractivity contribution in [1.82, 2.24) is 4.90 Å². The molecule has 0 saturated carbocycles. The number of hydrogen-bond acceptors (Lipinski definition) is 4. The fourth-order valence-electron chi connectivity index (χ4n) is 1.85. The Morgan fingerprint density at radius 3 is 2.80 bits per heavy atom. The van der Waals surface area contributed by atoms with Crippen molar-refractivity contribution in [3.05, 3.63) is 34.1 Å². The van der Waals surface area contributed by atoms with E-state index in [9.17, 15) is 18.8 Å². The number of imide groups is 1. The molecule has 0 bridgehead atoms. The Labute approximate surface area is 122 Å². The van der Waals surface area contributed by atoms with Gasteiger partial charge in [-0.3, -0.25) is 14.5 Å². The van der Waals surface area contributed by atoms with E-state index in [1.54, 1.807) is 0 Å². The minimum Gasteiger partial charge on any atom is -0.452 e. The highest BCUT2D eigenvalue weighted by molar-refractivity contribution is 9.10. The summed E-state index contributed by atoms with van der Waals surface area (Å²) in [6.07, 6.45) is 0.929. The van der Waals surface area contributed by atoms with E-state index in [0.29, 0.717) is 23.9 Å². The number of carbonyl (C=O) groups excluding carboxylic acids is 3. The van der Waals surface area contributed by atoms with Crippen LogP contribution in [0.15, 0.2) is 22.7 Å². The van der Waals surface area contributed by atoms with Crippen LogP contribution in [0.5, 0.6) is 0 Å². The molecule has 0 atom stereocenters. The maximum absolute atomic E-state index is 13.4. The summed E-state index contributed by atoms with van der Waals surface area (Å²) in [5, 5.41) is 0. The number of esters is 1. The van der Waals surface area contributed by atoms with Crippen LogP contribution in [0.2, 0.25) is 0 Å². The maximum atomic E-state index is 13.4. The van der Waals surface area contributed by atoms with E-state index in [1.165, 1.54) is 12.1 Å². The number of rotatable bonds is 3. The average molecular weight is 344 g/mol. The molecule has 1 aromatic carbocycles. The zero-order valence-corrected chi connectivity index (χ0v) is 12.0. The number of likely N-dealkylation sites (tertiary alicyclic amines) is 1. The van der Waals surface area contributed by atoms with Gasteiger partial charge in [0.05, 0.1) is 5.56 Å². The molecular weight excluding hydrogens is 333 g/mol. The van der Waals surface area contributed by atoms with Crippen LogP contribution in [0, 0.1) is 5.82 Å². The summed E-state index contributed by atoms with van der Waals surface area (Å²) >= 11 is 3.11. The van der Waals surface area contributed by atoms with Crippen molar-refractivity contribution in [1.29, 1.82) is 0 Å². The van der Waals surface area contributed by atoms with Crippen molar-refractivity contribution in [2.45, 2.75) is 12.8 Å². The van der Waals surface area contributed by atoms with Crippen LogP contribution >= 0.6 is 15.9 Å². The maximum Gasteiger partial charge on any atom is 0.341 e. The van der Waals surface area contributed by atoms with Gasteiger partial charge in [-0.15, -0.1) is 0 Å². The second-order valence-electron chi connectivity index (χ2n) is 4.24. The van der Waals surface area contributed by atoms with Crippen LogP contribution in [0.4, 0.5) is 4.39 Å². The molecule has 2 amide bonds. The monoisotopic (exact) mass is 343 g/mol. The summed E-state index contributed by atoms with van der Waals surface area (Å²) in [5.41, 5.74) is -0.264. The van der Waals surface area contributed by atoms with Gasteiger partial charge < -0.3 is 4.74 Å². The SMILES string of the molecule is O=C(OCC(=O)N1CCCC1=O)c1cc(Br)ccc1F. The lowest BCUT2D eigenvalue weighted by Gasteiger charge is -2.13. The quantitative estimate of drug-likeness (QED) is 0.786. The first kappa shape index (κ1) is 14.6. The summed E-state index contributed by atoms with van der Waals surface area (Å²) in [6.45, 7) is -0.239. The third-order valence-corrected chi connectivity index (χ3v) is 3.34. The van der Waals surface area contributed by atoms with E-state index < -0.39 is 24.3 Å². The van der Waals surface area contributed by atoms with Crippen LogP contribution in [-0.4, -0.2) is 35.8 Å². The van der Waals surface area contributed by atoms with Crippen LogP contribution < -0.4 is 0 Å². The van der Waals surface area contributed by atoms with Gasteiger partial charge in [-0.2, -0.15) is 0 Å². The standard InChI is InChI=1S/C13H11BrFNO4/c14-8-3-4-10(15)9(6-8)13(19)20-7-12(18)16-5-1-2-11(16)17/h3-4,6H,1-2,5,7H2. The fraction of sp³-hybridized carbons (Fsp3) is 0.308. The Kier molecular flexibility index (Phi) is 4.49. The van der Waals surface area contributed by atoms with E-state index in [4.69, 9.17) is 4.74 Å². The number of ether oxygens (including phenoxy) is 1. The molecule has 1 saturated heterocycles. The normalized spacial score (nSPS) is 14.5. The van der Waals surface area contributed by atoms with E-state index >= 15 is 0 Å². The number of halogens is 2. The van der Waals surface area contributed by atoms with Gasteiger partial charge in [0.2, 0.25) is 5.91 Å². The number of nitrogens with zero attached hydrogens (tertiary/aromatic N) is 1. The van der Waals surface area contributed by atoms with Crippen molar-refractivity contribution < 1.29 is 23.5 Å². The minimum atomic E-state index is -0.941. The average Bonchev–Trinajstić information content (AvgIpc) is 2.84. The van der Waals surface area contributed by atoms with Crippen molar-refractivity contribution in [3.63, 3.8) is 0 Å². The van der Waals surface area contributed by atoms with E-state index in [2.05, 4.69) is 15.9 Å². The summed E-state index contributed by atoms with van der Waals surface area (Å²) < 4.78 is 18.7. The lowest BCUT2D eigenvalue weighted by molar-refractivity contribution is -0.143. The summed E-state index contributed by atoms with van der Waals surface area (Å²) in [6, 6.07) is 3.83. The summed E-state index contributed by atoms with van der Waals surface area (Å²) in [4.78, 5) is 35.7. The molecule has 0 spiro atoms. The smallest absolute Gasteiger partial charge is 0.341 e. The molecule has 0 N–H and O–H groups in total. The number of benzene rings is 1. The van der Waals surface area contributed by atoms with E-state index in [-0.39, 0.29) is 11.5 Å². The largest absolute Gasteiger partial charge is 0.452 e. The lowest BCUT2D eigenvalue weighted by Crippen LogP contribution is -2.35. The van der Waals surface area contributed by atoms with Gasteiger partial charge in [-0.05, 0) is 24.6 Å². The molecule has 1 fully saturated rings. The summed E-state index contributed by atoms with van der Waals surface area (Å²) in [7, 11) is 0. The molecule has 1 heterocycles. The van der Waals surface area contributed by atoms with Crippen LogP contribution in [0.25, 0.3) is 0 Å². The molecule has 106 valence electrons. The van der Waals surface area contributed by atoms with Crippen molar-refractivity contribution in [3.8, 4) is 0 Å². The molecule has 1 aliphatic heterocycles. The van der Waals surface area contributed by atoms with Crippen LogP contribution in [0.1, 0.15) is 23.2 Å². The Morgan fingerprint density at radius 2 is 2.15 bits per heavy atom. The molecule has 5 nitrogen and oxygen atoms in total. The number of amides is 2. The number of hydrogen-bond donors (Lipinski definition) is 0. The van der Waals surface area contributed by atoms with E-state index in [1.807, 2.05) is 0 Å². The predicted octanol–water partition coefficient (Wildman–Crippen LogP) is 1.89. The van der Waals surface area contributed by atoms with Gasteiger partial charge in [0.15, 0.2) is 6.61 Å². The second kappa shape index (κ2) is 6.13. The minimum absolute atomic E-state index is 0.264. The molecule has 0 aromatic heterocycles. The molecule has 1 aromatic rings. The lowest BCUT2D eigenvalue weighted by atomic mass is 10.2. The van der Waals surface area contributed by atoms with Gasteiger partial charge in [0.1, 0.15) is 5.82 Å². The number of carbonyl (C=O) groups is 3. The Morgan fingerprint density at radius 1 is 1.40 bits per heavy atom.